The molecule has 7 heteroatoms. The number of carbonyl (C=O) groups excluding carboxylic acids is 1. The maximum atomic E-state index is 12.8. The van der Waals surface area contributed by atoms with Crippen molar-refractivity contribution in [1.82, 2.24) is 9.21 Å². The minimum Gasteiger partial charge on any atom is -0.368 e. The van der Waals surface area contributed by atoms with Gasteiger partial charge in [0.2, 0.25) is 10.0 Å². The second-order valence-electron chi connectivity index (χ2n) is 6.50. The fraction of sp³-hybridized carbons (Fsp3) is 0.588. The number of sulfonamides is 1. The van der Waals surface area contributed by atoms with Gasteiger partial charge in [0.15, 0.2) is 0 Å². The second-order valence-corrected chi connectivity index (χ2v) is 8.41. The van der Waals surface area contributed by atoms with Gasteiger partial charge in [-0.05, 0) is 38.3 Å². The summed E-state index contributed by atoms with van der Waals surface area (Å²) >= 11 is 0. The number of hydrogen-bond donors (Lipinski definition) is 0. The van der Waals surface area contributed by atoms with E-state index >= 15 is 0 Å². The fourth-order valence-corrected chi connectivity index (χ4v) is 4.98. The lowest BCUT2D eigenvalue weighted by Gasteiger charge is -2.35. The van der Waals surface area contributed by atoms with E-state index in [1.165, 1.54) is 4.31 Å². The first kappa shape index (κ1) is 17.4. The third-order valence-electron chi connectivity index (χ3n) is 4.70. The van der Waals surface area contributed by atoms with Gasteiger partial charge in [0.1, 0.15) is 6.10 Å². The van der Waals surface area contributed by atoms with Crippen LogP contribution < -0.4 is 0 Å². The van der Waals surface area contributed by atoms with Crippen molar-refractivity contribution in [3.8, 4) is 0 Å². The molecular formula is C17H24N2O4S. The smallest absolute Gasteiger partial charge is 0.251 e. The Bertz CT molecular complexity index is 718. The number of amides is 1. The summed E-state index contributed by atoms with van der Waals surface area (Å²) in [6.07, 6.45) is 1.34. The average molecular weight is 352 g/mol. The highest BCUT2D eigenvalue weighted by atomic mass is 32.2. The van der Waals surface area contributed by atoms with Crippen molar-refractivity contribution < 1.29 is 17.9 Å². The molecule has 3 rings (SSSR count). The molecule has 2 aliphatic rings. The van der Waals surface area contributed by atoms with Crippen LogP contribution in [0.15, 0.2) is 23.1 Å². The van der Waals surface area contributed by atoms with E-state index in [-0.39, 0.29) is 12.0 Å². The zero-order valence-electron chi connectivity index (χ0n) is 14.2. The average Bonchev–Trinajstić information content (AvgIpc) is 3.08. The van der Waals surface area contributed by atoms with Crippen molar-refractivity contribution in [1.29, 1.82) is 0 Å². The molecule has 0 saturated carbocycles. The van der Waals surface area contributed by atoms with Gasteiger partial charge in [-0.2, -0.15) is 4.31 Å². The number of ether oxygens (including phenoxy) is 1. The van der Waals surface area contributed by atoms with E-state index in [2.05, 4.69) is 0 Å². The molecule has 0 N–H and O–H groups in total. The van der Waals surface area contributed by atoms with Crippen LogP contribution in [0.5, 0.6) is 0 Å². The van der Waals surface area contributed by atoms with Crippen LogP contribution in [0.3, 0.4) is 0 Å². The summed E-state index contributed by atoms with van der Waals surface area (Å²) < 4.78 is 32.6. The van der Waals surface area contributed by atoms with Crippen LogP contribution in [-0.2, 0) is 19.6 Å². The number of carbonyl (C=O) groups is 1. The molecule has 0 bridgehead atoms. The number of piperazine rings is 1. The van der Waals surface area contributed by atoms with E-state index in [4.69, 9.17) is 4.74 Å². The highest BCUT2D eigenvalue weighted by Crippen LogP contribution is 2.23. The minimum absolute atomic E-state index is 0.00364. The molecule has 2 saturated heterocycles. The van der Waals surface area contributed by atoms with E-state index in [0.29, 0.717) is 37.7 Å². The summed E-state index contributed by atoms with van der Waals surface area (Å²) in [6, 6.07) is 5.37. The second kappa shape index (κ2) is 6.82. The van der Waals surface area contributed by atoms with Gasteiger partial charge in [-0.1, -0.05) is 17.7 Å². The van der Waals surface area contributed by atoms with Crippen molar-refractivity contribution in [2.45, 2.75) is 37.7 Å². The molecule has 0 spiro atoms. The Labute approximate surface area is 143 Å². The summed E-state index contributed by atoms with van der Waals surface area (Å²) in [4.78, 5) is 14.4. The molecule has 1 aromatic carbocycles. The van der Waals surface area contributed by atoms with Crippen molar-refractivity contribution in [2.24, 2.45) is 0 Å². The molecule has 1 aromatic rings. The largest absolute Gasteiger partial charge is 0.368 e. The molecule has 0 aliphatic carbocycles. The minimum atomic E-state index is -3.51. The van der Waals surface area contributed by atoms with Gasteiger partial charge in [0.05, 0.1) is 4.90 Å². The van der Waals surface area contributed by atoms with Crippen molar-refractivity contribution >= 4 is 15.9 Å². The molecule has 2 heterocycles. The van der Waals surface area contributed by atoms with Gasteiger partial charge in [-0.15, -0.1) is 0 Å². The molecule has 132 valence electrons. The Kier molecular flexibility index (Phi) is 4.94. The SMILES string of the molecule is Cc1ccc(S(=O)(=O)N2CCN(C(=O)C3CCCO3)CC2)c(C)c1. The Balaban J connectivity index is 1.68. The Hall–Kier alpha value is -1.44. The molecule has 0 aromatic heterocycles. The standard InChI is InChI=1S/C17H24N2O4S/c1-13-5-6-16(14(2)12-13)24(21,22)19-9-7-18(8-10-19)17(20)15-4-3-11-23-15/h5-6,12,15H,3-4,7-11H2,1-2H3. The van der Waals surface area contributed by atoms with Crippen LogP contribution in [0.4, 0.5) is 0 Å². The van der Waals surface area contributed by atoms with Crippen LogP contribution in [0.25, 0.3) is 0 Å². The maximum absolute atomic E-state index is 12.8. The van der Waals surface area contributed by atoms with Gasteiger partial charge < -0.3 is 9.64 Å². The fourth-order valence-electron chi connectivity index (χ4n) is 3.35. The van der Waals surface area contributed by atoms with Crippen LogP contribution in [0.2, 0.25) is 0 Å². The van der Waals surface area contributed by atoms with Crippen LogP contribution in [0, 0.1) is 13.8 Å². The summed E-state index contributed by atoms with van der Waals surface area (Å²) in [6.45, 7) is 5.89. The first-order chi connectivity index (χ1) is 11.4. The Morgan fingerprint density at radius 1 is 1.17 bits per heavy atom. The number of hydrogen-bond acceptors (Lipinski definition) is 4. The number of aryl methyl sites for hydroxylation is 2. The third kappa shape index (κ3) is 3.34. The molecule has 0 radical (unpaired) electrons. The predicted octanol–water partition coefficient (Wildman–Crippen LogP) is 1.32. The lowest BCUT2D eigenvalue weighted by Crippen LogP contribution is -2.52. The van der Waals surface area contributed by atoms with Gasteiger partial charge in [0.25, 0.3) is 5.91 Å². The highest BCUT2D eigenvalue weighted by molar-refractivity contribution is 7.89. The van der Waals surface area contributed by atoms with Gasteiger partial charge in [-0.3, -0.25) is 4.79 Å². The maximum Gasteiger partial charge on any atom is 0.251 e. The van der Waals surface area contributed by atoms with Crippen molar-refractivity contribution in [3.05, 3.63) is 29.3 Å². The van der Waals surface area contributed by atoms with E-state index in [9.17, 15) is 13.2 Å². The third-order valence-corrected chi connectivity index (χ3v) is 6.76. The number of rotatable bonds is 3. The lowest BCUT2D eigenvalue weighted by atomic mass is 10.2. The number of benzene rings is 1. The molecular weight excluding hydrogens is 328 g/mol. The summed E-state index contributed by atoms with van der Waals surface area (Å²) in [5.74, 6) is -0.00364. The summed E-state index contributed by atoms with van der Waals surface area (Å²) in [7, 11) is -3.51. The van der Waals surface area contributed by atoms with Crippen LogP contribution in [0.1, 0.15) is 24.0 Å². The lowest BCUT2D eigenvalue weighted by molar-refractivity contribution is -0.142. The van der Waals surface area contributed by atoms with E-state index < -0.39 is 10.0 Å². The first-order valence-corrected chi connectivity index (χ1v) is 9.81. The quantitative estimate of drug-likeness (QED) is 0.823. The zero-order chi connectivity index (χ0) is 17.3. The summed E-state index contributed by atoms with van der Waals surface area (Å²) in [5.41, 5.74) is 1.80. The molecule has 6 nitrogen and oxygen atoms in total. The summed E-state index contributed by atoms with van der Waals surface area (Å²) in [5, 5.41) is 0. The first-order valence-electron chi connectivity index (χ1n) is 8.37. The zero-order valence-corrected chi connectivity index (χ0v) is 15.0. The van der Waals surface area contributed by atoms with E-state index in [1.54, 1.807) is 11.0 Å². The van der Waals surface area contributed by atoms with E-state index in [1.807, 2.05) is 26.0 Å². The normalized spacial score (nSPS) is 22.8. The van der Waals surface area contributed by atoms with Gasteiger partial charge >= 0.3 is 0 Å². The van der Waals surface area contributed by atoms with Crippen LogP contribution >= 0.6 is 0 Å². The molecule has 1 unspecified atom stereocenters. The van der Waals surface area contributed by atoms with Crippen LogP contribution in [-0.4, -0.2) is 62.4 Å². The molecule has 2 aliphatic heterocycles. The Morgan fingerprint density at radius 3 is 2.46 bits per heavy atom. The molecule has 1 amide bonds. The molecule has 2 fully saturated rings. The predicted molar refractivity (Wildman–Crippen MR) is 90.2 cm³/mol. The molecule has 24 heavy (non-hydrogen) atoms. The van der Waals surface area contributed by atoms with E-state index in [0.717, 1.165) is 24.0 Å². The van der Waals surface area contributed by atoms with Gasteiger partial charge in [0, 0.05) is 32.8 Å². The molecule has 1 atom stereocenters. The topological polar surface area (TPSA) is 66.9 Å². The Morgan fingerprint density at radius 2 is 1.88 bits per heavy atom. The van der Waals surface area contributed by atoms with Crippen molar-refractivity contribution in [3.63, 3.8) is 0 Å². The van der Waals surface area contributed by atoms with Crippen molar-refractivity contribution in [2.75, 3.05) is 32.8 Å². The monoisotopic (exact) mass is 352 g/mol. The number of nitrogens with zero attached hydrogens (tertiary/aromatic N) is 2. The highest BCUT2D eigenvalue weighted by Gasteiger charge is 2.34. The van der Waals surface area contributed by atoms with Gasteiger partial charge in [-0.25, -0.2) is 8.42 Å².